The number of nitrogens with one attached hydrogen (secondary N) is 4. The third kappa shape index (κ3) is 7.87. The summed E-state index contributed by atoms with van der Waals surface area (Å²) in [6, 6.07) is 7.62. The van der Waals surface area contributed by atoms with Gasteiger partial charge in [0.05, 0.1) is 11.6 Å². The number of likely N-dealkylation sites (N-methyl/N-ethyl adjacent to an activating group) is 1. The number of hydrogen-bond acceptors (Lipinski definition) is 4. The van der Waals surface area contributed by atoms with E-state index in [0.29, 0.717) is 18.3 Å². The van der Waals surface area contributed by atoms with E-state index in [1.54, 1.807) is 7.05 Å². The first-order valence-electron chi connectivity index (χ1n) is 6.72. The van der Waals surface area contributed by atoms with E-state index >= 15 is 0 Å². The molecule has 4 N–H and O–H groups in total. The zero-order chi connectivity index (χ0) is 16.4. The van der Waals surface area contributed by atoms with Crippen LogP contribution in [0.4, 0.5) is 11.4 Å². The monoisotopic (exact) mass is 340 g/mol. The average Bonchev–Trinajstić information content (AvgIpc) is 2.48. The van der Waals surface area contributed by atoms with Crippen molar-refractivity contribution >= 4 is 51.8 Å². The van der Waals surface area contributed by atoms with Crippen LogP contribution in [-0.2, 0) is 9.53 Å². The molecule has 0 aromatic heterocycles. The van der Waals surface area contributed by atoms with Crippen molar-refractivity contribution in [1.29, 1.82) is 0 Å². The van der Waals surface area contributed by atoms with Crippen LogP contribution in [0.15, 0.2) is 24.3 Å². The lowest BCUT2D eigenvalue weighted by Gasteiger charge is -2.11. The van der Waals surface area contributed by atoms with Gasteiger partial charge in [0.2, 0.25) is 5.91 Å². The van der Waals surface area contributed by atoms with Gasteiger partial charge in [-0.05, 0) is 43.4 Å². The van der Waals surface area contributed by atoms with Crippen LogP contribution >= 0.6 is 24.4 Å². The Kier molecular flexibility index (Phi) is 8.34. The Morgan fingerprint density at radius 1 is 1.14 bits per heavy atom. The normalized spacial score (nSPS) is 9.73. The van der Waals surface area contributed by atoms with Gasteiger partial charge in [0, 0.05) is 25.0 Å². The molecule has 1 amide bonds. The minimum absolute atomic E-state index is 0.0477. The number of benzene rings is 1. The summed E-state index contributed by atoms with van der Waals surface area (Å²) in [6.45, 7) is 2.79. The van der Waals surface area contributed by atoms with Crippen LogP contribution in [-0.4, -0.2) is 42.8 Å². The van der Waals surface area contributed by atoms with E-state index in [9.17, 15) is 4.79 Å². The van der Waals surface area contributed by atoms with Gasteiger partial charge in [-0.3, -0.25) is 4.79 Å². The second-order valence-electron chi connectivity index (χ2n) is 4.37. The Labute approximate surface area is 141 Å². The summed E-state index contributed by atoms with van der Waals surface area (Å²) in [7, 11) is 1.57. The zero-order valence-electron chi connectivity index (χ0n) is 12.6. The Morgan fingerprint density at radius 2 is 1.73 bits per heavy atom. The summed E-state index contributed by atoms with van der Waals surface area (Å²) >= 11 is 10.1. The molecular weight excluding hydrogens is 320 g/mol. The van der Waals surface area contributed by atoms with Crippen molar-refractivity contribution < 1.29 is 9.53 Å². The van der Waals surface area contributed by atoms with E-state index in [2.05, 4.69) is 21.3 Å². The van der Waals surface area contributed by atoms with Crippen molar-refractivity contribution in [3.05, 3.63) is 24.3 Å². The summed E-state index contributed by atoms with van der Waals surface area (Å²) < 4.78 is 5.16. The molecule has 0 saturated carbocycles. The standard InChI is InChI=1S/C14H20N4O2S2/c1-10(21)17-11-3-5-12(6-4-11)18-14(22)16-7-8-20-9-13(19)15-2/h3-6H,7-9H2,1-2H3,(H,15,19)(H,17,21)(H2,16,18,22). The van der Waals surface area contributed by atoms with Gasteiger partial charge < -0.3 is 26.0 Å². The lowest BCUT2D eigenvalue weighted by atomic mass is 10.3. The van der Waals surface area contributed by atoms with E-state index in [0.717, 1.165) is 16.4 Å². The minimum Gasteiger partial charge on any atom is -0.370 e. The molecule has 0 unspecified atom stereocenters. The van der Waals surface area contributed by atoms with Gasteiger partial charge in [-0.25, -0.2) is 0 Å². The van der Waals surface area contributed by atoms with E-state index in [1.807, 2.05) is 31.2 Å². The first-order valence-corrected chi connectivity index (χ1v) is 7.53. The molecule has 0 aliphatic rings. The average molecular weight is 340 g/mol. The van der Waals surface area contributed by atoms with Gasteiger partial charge in [0.1, 0.15) is 6.61 Å². The Bertz CT molecular complexity index is 520. The minimum atomic E-state index is -0.152. The van der Waals surface area contributed by atoms with E-state index in [4.69, 9.17) is 29.2 Å². The number of rotatable bonds is 7. The number of hydrogen-bond donors (Lipinski definition) is 4. The maximum atomic E-state index is 10.9. The highest BCUT2D eigenvalue weighted by Crippen LogP contribution is 2.13. The number of ether oxygens (including phenoxy) is 1. The predicted molar refractivity (Wildman–Crippen MR) is 97.4 cm³/mol. The Hall–Kier alpha value is -1.77. The van der Waals surface area contributed by atoms with Crippen LogP contribution in [0.3, 0.4) is 0 Å². The second kappa shape index (κ2) is 10.0. The van der Waals surface area contributed by atoms with Crippen LogP contribution in [0.2, 0.25) is 0 Å². The number of anilines is 2. The maximum Gasteiger partial charge on any atom is 0.245 e. The Morgan fingerprint density at radius 3 is 2.27 bits per heavy atom. The maximum absolute atomic E-state index is 10.9. The van der Waals surface area contributed by atoms with Gasteiger partial charge in [0.15, 0.2) is 5.11 Å². The smallest absolute Gasteiger partial charge is 0.245 e. The van der Waals surface area contributed by atoms with Crippen LogP contribution < -0.4 is 21.3 Å². The quantitative estimate of drug-likeness (QED) is 0.443. The molecule has 0 fully saturated rings. The van der Waals surface area contributed by atoms with Crippen molar-refractivity contribution in [1.82, 2.24) is 10.6 Å². The molecule has 0 radical (unpaired) electrons. The summed E-state index contributed by atoms with van der Waals surface area (Å²) in [6.07, 6.45) is 0. The summed E-state index contributed by atoms with van der Waals surface area (Å²) in [5.74, 6) is -0.152. The van der Waals surface area contributed by atoms with Crippen molar-refractivity contribution in [3.63, 3.8) is 0 Å². The predicted octanol–water partition coefficient (Wildman–Crippen LogP) is 1.49. The highest BCUT2D eigenvalue weighted by Gasteiger charge is 2.00. The van der Waals surface area contributed by atoms with E-state index in [-0.39, 0.29) is 12.5 Å². The third-order valence-electron chi connectivity index (χ3n) is 2.51. The molecule has 22 heavy (non-hydrogen) atoms. The first-order chi connectivity index (χ1) is 10.5. The Balaban J connectivity index is 2.24. The van der Waals surface area contributed by atoms with Crippen LogP contribution in [0.5, 0.6) is 0 Å². The van der Waals surface area contributed by atoms with Crippen molar-refractivity contribution in [2.24, 2.45) is 0 Å². The zero-order valence-corrected chi connectivity index (χ0v) is 14.2. The van der Waals surface area contributed by atoms with Crippen LogP contribution in [0, 0.1) is 0 Å². The molecule has 0 spiro atoms. The number of thiocarbonyl (C=S) groups is 2. The molecule has 0 bridgehead atoms. The van der Waals surface area contributed by atoms with Crippen molar-refractivity contribution in [2.75, 3.05) is 37.4 Å². The lowest BCUT2D eigenvalue weighted by molar-refractivity contribution is -0.125. The highest BCUT2D eigenvalue weighted by atomic mass is 32.1. The van der Waals surface area contributed by atoms with Crippen LogP contribution in [0.1, 0.15) is 6.92 Å². The first kappa shape index (κ1) is 18.3. The van der Waals surface area contributed by atoms with Gasteiger partial charge >= 0.3 is 0 Å². The SMILES string of the molecule is CNC(=O)COCCNC(=S)Nc1ccc(NC(C)=S)cc1. The number of amides is 1. The van der Waals surface area contributed by atoms with Gasteiger partial charge in [-0.1, -0.05) is 12.2 Å². The molecule has 1 rings (SSSR count). The number of carbonyl (C=O) groups is 1. The molecule has 0 aliphatic carbocycles. The topological polar surface area (TPSA) is 74.4 Å². The summed E-state index contributed by atoms with van der Waals surface area (Å²) in [4.78, 5) is 11.7. The molecule has 1 aromatic rings. The van der Waals surface area contributed by atoms with Gasteiger partial charge in [0.25, 0.3) is 0 Å². The van der Waals surface area contributed by atoms with Crippen molar-refractivity contribution in [2.45, 2.75) is 6.92 Å². The molecular formula is C14H20N4O2S2. The molecule has 6 nitrogen and oxygen atoms in total. The summed E-state index contributed by atoms with van der Waals surface area (Å²) in [5.41, 5.74) is 1.80. The highest BCUT2D eigenvalue weighted by molar-refractivity contribution is 7.80. The molecule has 120 valence electrons. The molecule has 8 heteroatoms. The van der Waals surface area contributed by atoms with E-state index < -0.39 is 0 Å². The van der Waals surface area contributed by atoms with Crippen LogP contribution in [0.25, 0.3) is 0 Å². The largest absolute Gasteiger partial charge is 0.370 e. The molecule has 0 saturated heterocycles. The molecule has 0 heterocycles. The molecule has 1 aromatic carbocycles. The number of carbonyl (C=O) groups excluding carboxylic acids is 1. The second-order valence-corrected chi connectivity index (χ2v) is 5.39. The fourth-order valence-electron chi connectivity index (χ4n) is 1.49. The fourth-order valence-corrected chi connectivity index (χ4v) is 1.83. The van der Waals surface area contributed by atoms with Crippen molar-refractivity contribution in [3.8, 4) is 0 Å². The molecule has 0 aliphatic heterocycles. The fraction of sp³-hybridized carbons (Fsp3) is 0.357. The van der Waals surface area contributed by atoms with E-state index in [1.165, 1.54) is 0 Å². The van der Waals surface area contributed by atoms with Gasteiger partial charge in [-0.15, -0.1) is 0 Å². The van der Waals surface area contributed by atoms with Gasteiger partial charge in [-0.2, -0.15) is 0 Å². The lowest BCUT2D eigenvalue weighted by Crippen LogP contribution is -2.32. The summed E-state index contributed by atoms with van der Waals surface area (Å²) in [5, 5.41) is 12.1. The molecule has 0 atom stereocenters. The third-order valence-corrected chi connectivity index (χ3v) is 2.86.